The summed E-state index contributed by atoms with van der Waals surface area (Å²) in [7, 11) is -2.03. The molecule has 2 aromatic carbocycles. The van der Waals surface area contributed by atoms with Crippen LogP contribution >= 0.6 is 0 Å². The lowest BCUT2D eigenvalue weighted by Crippen LogP contribution is -2.23. The summed E-state index contributed by atoms with van der Waals surface area (Å²) < 4.78 is 30.3. The zero-order valence-corrected chi connectivity index (χ0v) is 21.3. The van der Waals surface area contributed by atoms with Gasteiger partial charge in [-0.05, 0) is 76.4 Å². The van der Waals surface area contributed by atoms with Gasteiger partial charge in [0.15, 0.2) is 0 Å². The fourth-order valence-corrected chi connectivity index (χ4v) is 5.50. The lowest BCUT2D eigenvalue weighted by Gasteiger charge is -2.22. The maximum atomic E-state index is 12.9. The number of carbonyl (C=O) groups is 1. The molecule has 0 saturated carbocycles. The monoisotopic (exact) mass is 484 g/mol. The Morgan fingerprint density at radius 2 is 1.82 bits per heavy atom. The van der Waals surface area contributed by atoms with Crippen LogP contribution in [0.3, 0.4) is 0 Å². The van der Waals surface area contributed by atoms with Crippen LogP contribution in [0.2, 0.25) is 0 Å². The van der Waals surface area contributed by atoms with Gasteiger partial charge < -0.3 is 10.0 Å². The molecule has 9 heteroatoms. The van der Waals surface area contributed by atoms with E-state index in [-0.39, 0.29) is 16.1 Å². The van der Waals surface area contributed by atoms with Crippen molar-refractivity contribution in [1.29, 1.82) is 0 Å². The zero-order valence-electron chi connectivity index (χ0n) is 20.5. The Hall–Kier alpha value is -3.33. The largest absolute Gasteiger partial charge is 0.478 e. The molecule has 0 aliphatic rings. The Balaban J connectivity index is 1.84. The minimum atomic E-state index is -3.86. The molecular formula is C25H32N4O4S. The molecule has 0 radical (unpaired) electrons. The molecule has 3 aromatic rings. The number of nitrogens with zero attached hydrogens (tertiary/aromatic N) is 3. The van der Waals surface area contributed by atoms with Gasteiger partial charge in [-0.3, -0.25) is 9.40 Å². The normalized spacial score (nSPS) is 11.5. The number of sulfonamides is 1. The molecule has 0 amide bonds. The SMILES string of the molecule is CCn1nc(C)c(CCN(C)c2ccc(NS(=O)(=O)c3ccc(C)cc3C)cc2C(=O)O)c1C. The second-order valence-electron chi connectivity index (χ2n) is 8.55. The second-order valence-corrected chi connectivity index (χ2v) is 10.2. The van der Waals surface area contributed by atoms with Gasteiger partial charge in [-0.15, -0.1) is 0 Å². The van der Waals surface area contributed by atoms with E-state index in [1.54, 1.807) is 37.3 Å². The van der Waals surface area contributed by atoms with E-state index >= 15 is 0 Å². The van der Waals surface area contributed by atoms with Gasteiger partial charge >= 0.3 is 5.97 Å². The Labute approximate surface area is 201 Å². The Morgan fingerprint density at radius 1 is 1.12 bits per heavy atom. The van der Waals surface area contributed by atoms with Crippen LogP contribution in [-0.2, 0) is 23.0 Å². The molecule has 0 aliphatic heterocycles. The fourth-order valence-electron chi connectivity index (χ4n) is 4.22. The summed E-state index contributed by atoms with van der Waals surface area (Å²) in [5, 5.41) is 14.4. The maximum absolute atomic E-state index is 12.9. The van der Waals surface area contributed by atoms with Crippen molar-refractivity contribution in [2.75, 3.05) is 23.2 Å². The number of anilines is 2. The Bertz CT molecular complexity index is 1330. The van der Waals surface area contributed by atoms with E-state index in [0.29, 0.717) is 24.2 Å². The molecule has 0 atom stereocenters. The van der Waals surface area contributed by atoms with Gasteiger partial charge in [0.1, 0.15) is 0 Å². The van der Waals surface area contributed by atoms with Crippen molar-refractivity contribution >= 4 is 27.4 Å². The highest BCUT2D eigenvalue weighted by molar-refractivity contribution is 7.92. The quantitative estimate of drug-likeness (QED) is 0.469. The molecule has 0 saturated heterocycles. The van der Waals surface area contributed by atoms with E-state index < -0.39 is 16.0 Å². The lowest BCUT2D eigenvalue weighted by molar-refractivity contribution is 0.0697. The number of benzene rings is 2. The minimum absolute atomic E-state index is 0.0287. The zero-order chi connectivity index (χ0) is 25.2. The number of aromatic carboxylic acids is 1. The summed E-state index contributed by atoms with van der Waals surface area (Å²) in [5.41, 5.74) is 5.57. The maximum Gasteiger partial charge on any atom is 0.337 e. The van der Waals surface area contributed by atoms with Crippen LogP contribution in [0.1, 0.15) is 45.4 Å². The van der Waals surface area contributed by atoms with E-state index in [4.69, 9.17) is 0 Å². The topological polar surface area (TPSA) is 105 Å². The highest BCUT2D eigenvalue weighted by atomic mass is 32.2. The molecule has 34 heavy (non-hydrogen) atoms. The Kier molecular flexibility index (Phi) is 7.35. The number of rotatable bonds is 9. The van der Waals surface area contributed by atoms with Crippen molar-refractivity contribution in [3.63, 3.8) is 0 Å². The molecule has 0 spiro atoms. The molecule has 182 valence electrons. The molecule has 1 aromatic heterocycles. The molecular weight excluding hydrogens is 452 g/mol. The van der Waals surface area contributed by atoms with Gasteiger partial charge in [0, 0.05) is 31.5 Å². The number of nitrogens with one attached hydrogen (secondary N) is 1. The van der Waals surface area contributed by atoms with Gasteiger partial charge in [-0.1, -0.05) is 17.7 Å². The molecule has 0 aliphatic carbocycles. The summed E-state index contributed by atoms with van der Waals surface area (Å²) in [4.78, 5) is 14.0. The van der Waals surface area contributed by atoms with Crippen LogP contribution in [0, 0.1) is 27.7 Å². The van der Waals surface area contributed by atoms with Crippen molar-refractivity contribution in [3.8, 4) is 0 Å². The predicted octanol–water partition coefficient (Wildman–Crippen LogP) is 4.31. The highest BCUT2D eigenvalue weighted by Crippen LogP contribution is 2.27. The minimum Gasteiger partial charge on any atom is -0.478 e. The van der Waals surface area contributed by atoms with Gasteiger partial charge in [0.25, 0.3) is 10.0 Å². The van der Waals surface area contributed by atoms with Crippen LogP contribution in [0.4, 0.5) is 11.4 Å². The molecule has 3 rings (SSSR count). The molecule has 0 bridgehead atoms. The summed E-state index contributed by atoms with van der Waals surface area (Å²) in [6.07, 6.45) is 0.717. The van der Waals surface area contributed by atoms with Crippen LogP contribution < -0.4 is 9.62 Å². The lowest BCUT2D eigenvalue weighted by atomic mass is 10.1. The average Bonchev–Trinajstić information content (AvgIpc) is 3.03. The third kappa shape index (κ3) is 5.25. The number of carboxylic acids is 1. The molecule has 0 unspecified atom stereocenters. The van der Waals surface area contributed by atoms with Crippen molar-refractivity contribution in [2.45, 2.75) is 52.5 Å². The predicted molar refractivity (Wildman–Crippen MR) is 134 cm³/mol. The molecule has 0 fully saturated rings. The second kappa shape index (κ2) is 9.89. The van der Waals surface area contributed by atoms with Crippen LogP contribution in [0.5, 0.6) is 0 Å². The van der Waals surface area contributed by atoms with Gasteiger partial charge in [0.2, 0.25) is 0 Å². The van der Waals surface area contributed by atoms with Crippen molar-refractivity contribution in [1.82, 2.24) is 9.78 Å². The van der Waals surface area contributed by atoms with Gasteiger partial charge in [0.05, 0.1) is 21.8 Å². The number of aromatic nitrogens is 2. The van der Waals surface area contributed by atoms with Crippen molar-refractivity contribution in [3.05, 3.63) is 70.0 Å². The summed E-state index contributed by atoms with van der Waals surface area (Å²) in [6, 6.07) is 9.67. The first kappa shape index (κ1) is 25.3. The van der Waals surface area contributed by atoms with E-state index in [1.165, 1.54) is 6.07 Å². The standard InChI is InChI=1S/C25H32N4O4S/c1-7-29-19(5)21(18(4)26-29)12-13-28(6)23-10-9-20(15-22(23)25(30)31)27-34(32,33)24-11-8-16(2)14-17(24)3/h8-11,14-15,27H,7,12-13H2,1-6H3,(H,30,31). The highest BCUT2D eigenvalue weighted by Gasteiger charge is 2.20. The van der Waals surface area contributed by atoms with Crippen LogP contribution in [-0.4, -0.2) is 42.9 Å². The van der Waals surface area contributed by atoms with E-state index in [9.17, 15) is 18.3 Å². The van der Waals surface area contributed by atoms with E-state index in [2.05, 4.69) is 9.82 Å². The van der Waals surface area contributed by atoms with Crippen molar-refractivity contribution < 1.29 is 18.3 Å². The first-order chi connectivity index (χ1) is 15.9. The first-order valence-electron chi connectivity index (χ1n) is 11.2. The number of likely N-dealkylation sites (N-methyl/N-ethyl adjacent to an activating group) is 1. The number of hydrogen-bond donors (Lipinski definition) is 2. The smallest absolute Gasteiger partial charge is 0.337 e. The summed E-state index contributed by atoms with van der Waals surface area (Å²) in [6.45, 7) is 11.1. The third-order valence-electron chi connectivity index (χ3n) is 6.04. The fraction of sp³-hybridized carbons (Fsp3) is 0.360. The Morgan fingerprint density at radius 3 is 2.41 bits per heavy atom. The molecule has 8 nitrogen and oxygen atoms in total. The summed E-state index contributed by atoms with van der Waals surface area (Å²) in [5.74, 6) is -1.12. The van der Waals surface area contributed by atoms with E-state index in [1.807, 2.05) is 44.3 Å². The number of hydrogen-bond acceptors (Lipinski definition) is 5. The number of carboxylic acid groups (broad SMARTS) is 1. The molecule has 2 N–H and O–H groups in total. The molecule has 1 heterocycles. The third-order valence-corrected chi connectivity index (χ3v) is 7.58. The van der Waals surface area contributed by atoms with Crippen LogP contribution in [0.15, 0.2) is 41.3 Å². The van der Waals surface area contributed by atoms with Gasteiger partial charge in [-0.2, -0.15) is 5.10 Å². The van der Waals surface area contributed by atoms with Crippen LogP contribution in [0.25, 0.3) is 0 Å². The van der Waals surface area contributed by atoms with E-state index in [0.717, 1.165) is 29.1 Å². The van der Waals surface area contributed by atoms with Crippen molar-refractivity contribution in [2.24, 2.45) is 0 Å². The summed E-state index contributed by atoms with van der Waals surface area (Å²) >= 11 is 0. The average molecular weight is 485 g/mol. The number of aryl methyl sites for hydroxylation is 4. The van der Waals surface area contributed by atoms with Gasteiger partial charge in [-0.25, -0.2) is 13.2 Å². The first-order valence-corrected chi connectivity index (χ1v) is 12.6.